The standard InChI is InChI=1S/C18H18ClFN2O3S/c19-16-7-6-15(12-17(16)22-9-2-10-26(22,24)25)21-18(23)8-5-13-3-1-4-14(20)11-13/h1,3-4,6-7,11-12H,2,5,8-10H2,(H,21,23). The molecule has 1 amide bonds. The van der Waals surface area contributed by atoms with Crippen molar-refractivity contribution in [3.63, 3.8) is 0 Å². The number of carbonyl (C=O) groups excluding carboxylic acids is 1. The first-order chi connectivity index (χ1) is 12.3. The van der Waals surface area contributed by atoms with Gasteiger partial charge in [0.2, 0.25) is 15.9 Å². The van der Waals surface area contributed by atoms with Gasteiger partial charge in [0.25, 0.3) is 0 Å². The summed E-state index contributed by atoms with van der Waals surface area (Å²) in [5.74, 6) is -0.489. The lowest BCUT2D eigenvalue weighted by Gasteiger charge is -2.19. The second-order valence-corrected chi connectivity index (χ2v) is 8.51. The quantitative estimate of drug-likeness (QED) is 0.839. The summed E-state index contributed by atoms with van der Waals surface area (Å²) in [6.45, 7) is 0.374. The highest BCUT2D eigenvalue weighted by molar-refractivity contribution is 7.93. The molecule has 8 heteroatoms. The molecule has 0 spiro atoms. The molecular formula is C18H18ClFN2O3S. The Hall–Kier alpha value is -2.12. The molecule has 0 aromatic heterocycles. The molecule has 3 rings (SSSR count). The fraction of sp³-hybridized carbons (Fsp3) is 0.278. The van der Waals surface area contributed by atoms with Crippen LogP contribution in [0.5, 0.6) is 0 Å². The van der Waals surface area contributed by atoms with Gasteiger partial charge in [-0.3, -0.25) is 9.10 Å². The van der Waals surface area contributed by atoms with Crippen molar-refractivity contribution in [2.75, 3.05) is 21.9 Å². The molecule has 1 heterocycles. The zero-order valence-electron chi connectivity index (χ0n) is 13.9. The van der Waals surface area contributed by atoms with Gasteiger partial charge in [-0.2, -0.15) is 0 Å². The van der Waals surface area contributed by atoms with E-state index in [4.69, 9.17) is 11.6 Å². The Morgan fingerprint density at radius 1 is 1.23 bits per heavy atom. The van der Waals surface area contributed by atoms with Crippen LogP contribution >= 0.6 is 11.6 Å². The van der Waals surface area contributed by atoms with Crippen molar-refractivity contribution in [2.45, 2.75) is 19.3 Å². The molecule has 1 aliphatic heterocycles. The summed E-state index contributed by atoms with van der Waals surface area (Å²) >= 11 is 6.14. The van der Waals surface area contributed by atoms with Crippen molar-refractivity contribution in [3.05, 3.63) is 58.9 Å². The maximum Gasteiger partial charge on any atom is 0.235 e. The number of sulfonamides is 1. The van der Waals surface area contributed by atoms with Gasteiger partial charge in [-0.05, 0) is 48.7 Å². The smallest absolute Gasteiger partial charge is 0.235 e. The van der Waals surface area contributed by atoms with E-state index >= 15 is 0 Å². The third kappa shape index (κ3) is 4.34. The van der Waals surface area contributed by atoms with Crippen LogP contribution in [0.4, 0.5) is 15.8 Å². The van der Waals surface area contributed by atoms with Crippen molar-refractivity contribution >= 4 is 38.9 Å². The van der Waals surface area contributed by atoms with Gasteiger partial charge >= 0.3 is 0 Å². The first-order valence-corrected chi connectivity index (χ1v) is 10.2. The molecule has 5 nitrogen and oxygen atoms in total. The van der Waals surface area contributed by atoms with E-state index in [1.54, 1.807) is 30.3 Å². The summed E-state index contributed by atoms with van der Waals surface area (Å²) < 4.78 is 38.6. The average molecular weight is 397 g/mol. The summed E-state index contributed by atoms with van der Waals surface area (Å²) in [5, 5.41) is 3.05. The molecule has 1 N–H and O–H groups in total. The normalized spacial score (nSPS) is 15.8. The van der Waals surface area contributed by atoms with Crippen molar-refractivity contribution in [1.82, 2.24) is 0 Å². The van der Waals surface area contributed by atoms with Crippen LogP contribution < -0.4 is 9.62 Å². The third-order valence-corrected chi connectivity index (χ3v) is 6.30. The molecule has 2 aromatic rings. The van der Waals surface area contributed by atoms with Crippen LogP contribution in [-0.2, 0) is 21.2 Å². The number of halogens is 2. The van der Waals surface area contributed by atoms with Crippen molar-refractivity contribution in [1.29, 1.82) is 0 Å². The van der Waals surface area contributed by atoms with E-state index in [0.717, 1.165) is 5.56 Å². The maximum atomic E-state index is 13.2. The number of rotatable bonds is 5. The topological polar surface area (TPSA) is 66.5 Å². The summed E-state index contributed by atoms with van der Waals surface area (Å²) in [6.07, 6.45) is 1.14. The fourth-order valence-corrected chi connectivity index (χ4v) is 4.71. The minimum Gasteiger partial charge on any atom is -0.326 e. The summed E-state index contributed by atoms with van der Waals surface area (Å²) in [5.41, 5.74) is 1.57. The highest BCUT2D eigenvalue weighted by Gasteiger charge is 2.30. The molecule has 0 unspecified atom stereocenters. The Balaban J connectivity index is 1.68. The molecule has 0 aliphatic carbocycles. The number of benzene rings is 2. The first kappa shape index (κ1) is 18.7. The second-order valence-electron chi connectivity index (χ2n) is 6.09. The number of amides is 1. The fourth-order valence-electron chi connectivity index (χ4n) is 2.87. The first-order valence-electron chi connectivity index (χ1n) is 8.19. The lowest BCUT2D eigenvalue weighted by atomic mass is 10.1. The van der Waals surface area contributed by atoms with Gasteiger partial charge < -0.3 is 5.32 Å². The molecule has 2 aromatic carbocycles. The summed E-state index contributed by atoms with van der Waals surface area (Å²) in [6, 6.07) is 10.9. The predicted octanol–water partition coefficient (Wildman–Crippen LogP) is 3.59. The van der Waals surface area contributed by atoms with Crippen LogP contribution in [0.3, 0.4) is 0 Å². The van der Waals surface area contributed by atoms with E-state index in [9.17, 15) is 17.6 Å². The van der Waals surface area contributed by atoms with Gasteiger partial charge in [-0.15, -0.1) is 0 Å². The molecule has 0 atom stereocenters. The average Bonchev–Trinajstić information content (AvgIpc) is 2.94. The van der Waals surface area contributed by atoms with Crippen molar-refractivity contribution in [2.24, 2.45) is 0 Å². The largest absolute Gasteiger partial charge is 0.326 e. The number of anilines is 2. The SMILES string of the molecule is O=C(CCc1cccc(F)c1)Nc1ccc(Cl)c(N2CCCS2(=O)=O)c1. The van der Waals surface area contributed by atoms with E-state index in [1.807, 2.05) is 0 Å². The number of hydrogen-bond donors (Lipinski definition) is 1. The van der Waals surface area contributed by atoms with E-state index in [2.05, 4.69) is 5.32 Å². The molecule has 1 aliphatic rings. The molecule has 26 heavy (non-hydrogen) atoms. The molecule has 1 saturated heterocycles. The summed E-state index contributed by atoms with van der Waals surface area (Å²) in [7, 11) is -3.36. The van der Waals surface area contributed by atoms with Gasteiger partial charge in [0.15, 0.2) is 0 Å². The number of nitrogens with zero attached hydrogens (tertiary/aromatic N) is 1. The van der Waals surface area contributed by atoms with Crippen molar-refractivity contribution in [3.8, 4) is 0 Å². The monoisotopic (exact) mass is 396 g/mol. The van der Waals surface area contributed by atoms with Gasteiger partial charge in [0.1, 0.15) is 5.82 Å². The molecule has 138 valence electrons. The van der Waals surface area contributed by atoms with Gasteiger partial charge in [0.05, 0.1) is 16.5 Å². The van der Waals surface area contributed by atoms with Crippen LogP contribution in [0.1, 0.15) is 18.4 Å². The molecule has 0 saturated carbocycles. The zero-order valence-corrected chi connectivity index (χ0v) is 15.5. The number of nitrogens with one attached hydrogen (secondary N) is 1. The lowest BCUT2D eigenvalue weighted by Crippen LogP contribution is -2.25. The zero-order chi connectivity index (χ0) is 18.7. The van der Waals surface area contributed by atoms with Crippen molar-refractivity contribution < 1.29 is 17.6 Å². The molecule has 1 fully saturated rings. The number of carbonyl (C=O) groups is 1. The Labute approximate surface area is 156 Å². The van der Waals surface area contributed by atoms with E-state index < -0.39 is 10.0 Å². The highest BCUT2D eigenvalue weighted by atomic mass is 35.5. The van der Waals surface area contributed by atoms with E-state index in [-0.39, 0.29) is 23.9 Å². The third-order valence-electron chi connectivity index (χ3n) is 4.13. The lowest BCUT2D eigenvalue weighted by molar-refractivity contribution is -0.116. The van der Waals surface area contributed by atoms with E-state index in [0.29, 0.717) is 35.8 Å². The number of aryl methyl sites for hydroxylation is 1. The Bertz CT molecular complexity index is 934. The number of hydrogen-bond acceptors (Lipinski definition) is 3. The van der Waals surface area contributed by atoms with E-state index in [1.165, 1.54) is 16.4 Å². The Morgan fingerprint density at radius 3 is 2.73 bits per heavy atom. The van der Waals surface area contributed by atoms with Crippen LogP contribution in [0.2, 0.25) is 5.02 Å². The Kier molecular flexibility index (Phi) is 5.48. The molecular weight excluding hydrogens is 379 g/mol. The predicted molar refractivity (Wildman–Crippen MR) is 101 cm³/mol. The minimum absolute atomic E-state index is 0.0908. The summed E-state index contributed by atoms with van der Waals surface area (Å²) in [4.78, 5) is 12.1. The van der Waals surface area contributed by atoms with Crippen LogP contribution in [-0.4, -0.2) is 26.6 Å². The van der Waals surface area contributed by atoms with Crippen LogP contribution in [0.15, 0.2) is 42.5 Å². The van der Waals surface area contributed by atoms with Gasteiger partial charge in [0, 0.05) is 18.7 Å². The second kappa shape index (κ2) is 7.63. The molecule has 0 bridgehead atoms. The van der Waals surface area contributed by atoms with Crippen LogP contribution in [0.25, 0.3) is 0 Å². The van der Waals surface area contributed by atoms with Gasteiger partial charge in [-0.25, -0.2) is 12.8 Å². The maximum absolute atomic E-state index is 13.2. The van der Waals surface area contributed by atoms with Gasteiger partial charge in [-0.1, -0.05) is 23.7 Å². The van der Waals surface area contributed by atoms with Crippen LogP contribution in [0, 0.1) is 5.82 Å². The molecule has 0 radical (unpaired) electrons. The highest BCUT2D eigenvalue weighted by Crippen LogP contribution is 2.33. The Morgan fingerprint density at radius 2 is 2.04 bits per heavy atom. The minimum atomic E-state index is -3.36.